The molecule has 100 valence electrons. The second-order valence-electron chi connectivity index (χ2n) is 5.74. The van der Waals surface area contributed by atoms with Gasteiger partial charge in [-0.05, 0) is 31.6 Å². The Balaban J connectivity index is 1.84. The van der Waals surface area contributed by atoms with E-state index in [1.807, 2.05) is 0 Å². The summed E-state index contributed by atoms with van der Waals surface area (Å²) < 4.78 is 0. The fraction of sp³-hybridized carbons (Fsp3) is 0.882. The van der Waals surface area contributed by atoms with Gasteiger partial charge >= 0.3 is 0 Å². The molecule has 0 saturated heterocycles. The maximum absolute atomic E-state index is 2.51. The highest BCUT2D eigenvalue weighted by molar-refractivity contribution is 4.89. The van der Waals surface area contributed by atoms with E-state index < -0.39 is 0 Å². The summed E-state index contributed by atoms with van der Waals surface area (Å²) in [7, 11) is 0. The molecule has 17 heavy (non-hydrogen) atoms. The molecular weight excluding hydrogens is 204 g/mol. The van der Waals surface area contributed by atoms with Crippen molar-refractivity contribution in [2.45, 2.75) is 90.4 Å². The Morgan fingerprint density at radius 3 is 2.18 bits per heavy atom. The van der Waals surface area contributed by atoms with Crippen molar-refractivity contribution in [1.29, 1.82) is 0 Å². The van der Waals surface area contributed by atoms with Crippen molar-refractivity contribution in [3.63, 3.8) is 0 Å². The van der Waals surface area contributed by atoms with Crippen LogP contribution in [-0.2, 0) is 0 Å². The lowest BCUT2D eigenvalue weighted by molar-refractivity contribution is 0.418. The summed E-state index contributed by atoms with van der Waals surface area (Å²) in [5.74, 6) is 0.924. The van der Waals surface area contributed by atoms with Gasteiger partial charge in [0.1, 0.15) is 0 Å². The van der Waals surface area contributed by atoms with Gasteiger partial charge in [-0.2, -0.15) is 0 Å². The fourth-order valence-corrected chi connectivity index (χ4v) is 2.83. The first-order valence-corrected chi connectivity index (χ1v) is 8.10. The molecule has 0 aromatic rings. The van der Waals surface area contributed by atoms with E-state index >= 15 is 0 Å². The maximum atomic E-state index is 2.51. The number of rotatable bonds is 9. The first-order valence-electron chi connectivity index (χ1n) is 8.10. The lowest BCUT2D eigenvalue weighted by Crippen LogP contribution is -2.02. The van der Waals surface area contributed by atoms with Crippen LogP contribution in [0.5, 0.6) is 0 Å². The zero-order chi connectivity index (χ0) is 12.2. The Morgan fingerprint density at radius 1 is 0.824 bits per heavy atom. The van der Waals surface area contributed by atoms with Crippen molar-refractivity contribution < 1.29 is 0 Å². The van der Waals surface area contributed by atoms with E-state index in [1.165, 1.54) is 83.5 Å². The molecular formula is C17H32. The molecule has 0 heteroatoms. The summed E-state index contributed by atoms with van der Waals surface area (Å²) in [4.78, 5) is 0. The molecule has 0 N–H and O–H groups in total. The van der Waals surface area contributed by atoms with Crippen molar-refractivity contribution in [2.75, 3.05) is 0 Å². The molecule has 0 unspecified atom stereocenters. The standard InChI is InChI=1S/C17H32/c1-2-3-4-5-6-7-8-9-11-14-17-15-12-10-13-16-17/h11,14,17H,2-10,12-13,15-16H2,1H3/b14-11+. The first kappa shape index (κ1) is 14.8. The van der Waals surface area contributed by atoms with E-state index in [4.69, 9.17) is 0 Å². The smallest absolute Gasteiger partial charge is 0.0234 e. The van der Waals surface area contributed by atoms with Crippen LogP contribution >= 0.6 is 0 Å². The highest BCUT2D eigenvalue weighted by Crippen LogP contribution is 2.24. The van der Waals surface area contributed by atoms with Gasteiger partial charge < -0.3 is 0 Å². The molecule has 0 bridgehead atoms. The third-order valence-electron chi connectivity index (χ3n) is 4.03. The van der Waals surface area contributed by atoms with E-state index in [1.54, 1.807) is 0 Å². The molecule has 0 aromatic carbocycles. The van der Waals surface area contributed by atoms with Gasteiger partial charge in [0.2, 0.25) is 0 Å². The quantitative estimate of drug-likeness (QED) is 0.327. The predicted octanol–water partition coefficient (Wildman–Crippen LogP) is 6.26. The second kappa shape index (κ2) is 10.9. The molecule has 1 aliphatic rings. The lowest BCUT2D eigenvalue weighted by Gasteiger charge is -2.17. The van der Waals surface area contributed by atoms with Crippen molar-refractivity contribution in [3.8, 4) is 0 Å². The van der Waals surface area contributed by atoms with Gasteiger partial charge in [0.15, 0.2) is 0 Å². The minimum atomic E-state index is 0.924. The summed E-state index contributed by atoms with van der Waals surface area (Å²) >= 11 is 0. The Hall–Kier alpha value is -0.260. The molecule has 0 radical (unpaired) electrons. The Bertz CT molecular complexity index is 174. The summed E-state index contributed by atoms with van der Waals surface area (Å²) in [5, 5.41) is 0. The van der Waals surface area contributed by atoms with Gasteiger partial charge in [-0.1, -0.05) is 76.9 Å². The Labute approximate surface area is 109 Å². The number of allylic oxidation sites excluding steroid dienone is 2. The van der Waals surface area contributed by atoms with E-state index in [-0.39, 0.29) is 0 Å². The van der Waals surface area contributed by atoms with Crippen molar-refractivity contribution >= 4 is 0 Å². The average molecular weight is 236 g/mol. The fourth-order valence-electron chi connectivity index (χ4n) is 2.83. The van der Waals surface area contributed by atoms with Crippen LogP contribution in [0.3, 0.4) is 0 Å². The van der Waals surface area contributed by atoms with Gasteiger partial charge in [0.25, 0.3) is 0 Å². The molecule has 0 nitrogen and oxygen atoms in total. The zero-order valence-corrected chi connectivity index (χ0v) is 11.9. The van der Waals surface area contributed by atoms with Crippen molar-refractivity contribution in [2.24, 2.45) is 5.92 Å². The van der Waals surface area contributed by atoms with Gasteiger partial charge in [0.05, 0.1) is 0 Å². The highest BCUT2D eigenvalue weighted by Gasteiger charge is 2.08. The lowest BCUT2D eigenvalue weighted by atomic mass is 9.89. The summed E-state index contributed by atoms with van der Waals surface area (Å²) in [6.45, 7) is 2.29. The second-order valence-corrected chi connectivity index (χ2v) is 5.74. The van der Waals surface area contributed by atoms with Crippen LogP contribution in [0.15, 0.2) is 12.2 Å². The summed E-state index contributed by atoms with van der Waals surface area (Å²) in [6, 6.07) is 0. The Morgan fingerprint density at radius 2 is 1.47 bits per heavy atom. The van der Waals surface area contributed by atoms with E-state index in [0.717, 1.165) is 5.92 Å². The van der Waals surface area contributed by atoms with E-state index in [9.17, 15) is 0 Å². The van der Waals surface area contributed by atoms with Crippen LogP contribution in [0, 0.1) is 5.92 Å². The van der Waals surface area contributed by atoms with Crippen molar-refractivity contribution in [3.05, 3.63) is 12.2 Å². The van der Waals surface area contributed by atoms with Crippen LogP contribution in [0.1, 0.15) is 90.4 Å². The molecule has 0 atom stereocenters. The first-order chi connectivity index (χ1) is 8.43. The summed E-state index contributed by atoms with van der Waals surface area (Å²) in [5.41, 5.74) is 0. The minimum Gasteiger partial charge on any atom is -0.0883 e. The third-order valence-corrected chi connectivity index (χ3v) is 4.03. The van der Waals surface area contributed by atoms with Crippen LogP contribution in [0.25, 0.3) is 0 Å². The molecule has 0 aromatic heterocycles. The topological polar surface area (TPSA) is 0 Å². The average Bonchev–Trinajstić information content (AvgIpc) is 2.38. The largest absolute Gasteiger partial charge is 0.0883 e. The van der Waals surface area contributed by atoms with Crippen LogP contribution in [0.4, 0.5) is 0 Å². The zero-order valence-electron chi connectivity index (χ0n) is 11.9. The SMILES string of the molecule is CCCCCCCCC/C=C/C1CCCCC1. The highest BCUT2D eigenvalue weighted by atomic mass is 14.1. The third kappa shape index (κ3) is 8.46. The molecule has 1 fully saturated rings. The Kier molecular flexibility index (Phi) is 9.46. The minimum absolute atomic E-state index is 0.924. The maximum Gasteiger partial charge on any atom is -0.0234 e. The van der Waals surface area contributed by atoms with Crippen molar-refractivity contribution in [1.82, 2.24) is 0 Å². The van der Waals surface area contributed by atoms with Gasteiger partial charge in [0, 0.05) is 0 Å². The van der Waals surface area contributed by atoms with E-state index in [2.05, 4.69) is 19.1 Å². The van der Waals surface area contributed by atoms with Crippen LogP contribution < -0.4 is 0 Å². The molecule has 1 aliphatic carbocycles. The van der Waals surface area contributed by atoms with Gasteiger partial charge in [-0.25, -0.2) is 0 Å². The van der Waals surface area contributed by atoms with E-state index in [0.29, 0.717) is 0 Å². The number of hydrogen-bond donors (Lipinski definition) is 0. The van der Waals surface area contributed by atoms with Gasteiger partial charge in [-0.3, -0.25) is 0 Å². The molecule has 0 aliphatic heterocycles. The number of hydrogen-bond acceptors (Lipinski definition) is 0. The summed E-state index contributed by atoms with van der Waals surface area (Å²) in [6.07, 6.45) is 23.6. The molecule has 0 amide bonds. The molecule has 0 heterocycles. The molecule has 0 spiro atoms. The number of unbranched alkanes of at least 4 members (excludes halogenated alkanes) is 7. The van der Waals surface area contributed by atoms with Gasteiger partial charge in [-0.15, -0.1) is 0 Å². The normalized spacial score (nSPS) is 17.9. The molecule has 1 rings (SSSR count). The molecule has 1 saturated carbocycles. The van der Waals surface area contributed by atoms with Crippen LogP contribution in [-0.4, -0.2) is 0 Å². The predicted molar refractivity (Wildman–Crippen MR) is 78.3 cm³/mol. The monoisotopic (exact) mass is 236 g/mol. The van der Waals surface area contributed by atoms with Crippen LogP contribution in [0.2, 0.25) is 0 Å².